The van der Waals surface area contributed by atoms with Gasteiger partial charge in [-0.1, -0.05) is 67.6 Å². The summed E-state index contributed by atoms with van der Waals surface area (Å²) in [6.45, 7) is 2.10. The third-order valence-corrected chi connectivity index (χ3v) is 10.4. The highest BCUT2D eigenvalue weighted by Crippen LogP contribution is 2.11. The van der Waals surface area contributed by atoms with Crippen LogP contribution < -0.4 is 10.4 Å². The molecule has 0 radical (unpaired) electrons. The van der Waals surface area contributed by atoms with Gasteiger partial charge in [-0.05, 0) is 11.2 Å². The molecule has 0 bridgehead atoms. The lowest BCUT2D eigenvalue weighted by Crippen LogP contribution is -2.54. The van der Waals surface area contributed by atoms with Crippen LogP contribution >= 0.6 is 0 Å². The maximum absolute atomic E-state index is 5.54. The van der Waals surface area contributed by atoms with Gasteiger partial charge in [0.05, 0.1) is 0 Å². The fraction of sp³-hybridized carbons (Fsp3) is 0.368. The van der Waals surface area contributed by atoms with Crippen molar-refractivity contribution in [1.29, 1.82) is 0 Å². The average Bonchev–Trinajstić information content (AvgIpc) is 2.74. The van der Waals surface area contributed by atoms with Crippen LogP contribution in [0, 0.1) is 0 Å². The molecule has 0 fully saturated rings. The van der Waals surface area contributed by atoms with Crippen molar-refractivity contribution in [1.82, 2.24) is 0 Å². The second kappa shape index (κ2) is 11.4. The summed E-state index contributed by atoms with van der Waals surface area (Å²) < 4.78 is 27.0. The van der Waals surface area contributed by atoms with E-state index in [-0.39, 0.29) is 0 Å². The summed E-state index contributed by atoms with van der Waals surface area (Å²) >= 11 is 0. The molecule has 0 aliphatic rings. The van der Waals surface area contributed by atoms with Crippen LogP contribution in [0.3, 0.4) is 0 Å². The van der Waals surface area contributed by atoms with Crippen LogP contribution in [0.25, 0.3) is 0 Å². The minimum absolute atomic E-state index is 0.935. The zero-order valence-corrected chi connectivity index (χ0v) is 18.5. The van der Waals surface area contributed by atoms with Crippen molar-refractivity contribution in [2.75, 3.05) is 35.5 Å². The van der Waals surface area contributed by atoms with Crippen LogP contribution in [-0.2, 0) is 22.1 Å². The van der Waals surface area contributed by atoms with E-state index in [4.69, 9.17) is 22.1 Å². The highest BCUT2D eigenvalue weighted by Gasteiger charge is 2.40. The van der Waals surface area contributed by atoms with Crippen LogP contribution in [0.2, 0.25) is 6.04 Å². The van der Waals surface area contributed by atoms with Crippen LogP contribution in [0.15, 0.2) is 60.7 Å². The molecule has 26 heavy (non-hydrogen) atoms. The van der Waals surface area contributed by atoms with Crippen molar-refractivity contribution in [2.45, 2.75) is 13.0 Å². The predicted molar refractivity (Wildman–Crippen MR) is 109 cm³/mol. The average molecular weight is 395 g/mol. The summed E-state index contributed by atoms with van der Waals surface area (Å²) in [6.07, 6.45) is 0. The van der Waals surface area contributed by atoms with Crippen molar-refractivity contribution in [3.05, 3.63) is 60.7 Å². The normalized spacial score (nSPS) is 11.6. The zero-order valence-electron chi connectivity index (χ0n) is 16.5. The Morgan fingerprint density at radius 3 is 1.27 bits per heavy atom. The Morgan fingerprint density at radius 2 is 0.962 bits per heavy atom. The zero-order chi connectivity index (χ0) is 19.5. The molecule has 0 atom stereocenters. The largest absolute Gasteiger partial charge is 0.536 e. The molecule has 0 aliphatic heterocycles. The van der Waals surface area contributed by atoms with E-state index < -0.39 is 17.4 Å². The lowest BCUT2D eigenvalue weighted by molar-refractivity contribution is 0.140. The maximum Gasteiger partial charge on any atom is 0.536 e. The number of rotatable bonds is 8. The first-order chi connectivity index (χ1) is 12.6. The van der Waals surface area contributed by atoms with Crippen molar-refractivity contribution >= 4 is 27.7 Å². The summed E-state index contributed by atoms with van der Waals surface area (Å²) in [6, 6.07) is 20.8. The van der Waals surface area contributed by atoms with Crippen LogP contribution in [0.1, 0.15) is 6.92 Å². The van der Waals surface area contributed by atoms with Crippen molar-refractivity contribution in [2.24, 2.45) is 0 Å². The second-order valence-electron chi connectivity index (χ2n) is 5.42. The highest BCUT2D eigenvalue weighted by atomic mass is 28.4. The molecule has 0 saturated carbocycles. The molecule has 0 spiro atoms. The molecular weight excluding hydrogens is 364 g/mol. The number of hydrogen-bond donors (Lipinski definition) is 0. The third kappa shape index (κ3) is 5.34. The Labute approximate surface area is 159 Å². The number of hydrogen-bond acceptors (Lipinski definition) is 5. The van der Waals surface area contributed by atoms with Crippen molar-refractivity contribution < 1.29 is 22.1 Å². The summed E-state index contributed by atoms with van der Waals surface area (Å²) in [5.74, 6) is 0. The predicted octanol–water partition coefficient (Wildman–Crippen LogP) is 2.42. The molecule has 0 heterocycles. The standard InChI is InChI=1S/C10H16O2Si.C9H14O3Si/c1-4-13(11-2,12-3)10-8-6-5-7-9-10;1-10-13(11-2,12-3)9-7-5-4-6-8-9/h5-9H,4H2,1-3H3;4-8H,1-3H3. The Bertz CT molecular complexity index is 530. The first kappa shape index (κ1) is 22.7. The second-order valence-corrected chi connectivity index (χ2v) is 11.9. The van der Waals surface area contributed by atoms with Crippen LogP contribution in [0.4, 0.5) is 0 Å². The Morgan fingerprint density at radius 1 is 0.577 bits per heavy atom. The lowest BCUT2D eigenvalue weighted by atomic mass is 10.4. The molecule has 7 heteroatoms. The SMILES string of the molecule is CC[Si](OC)(OC)c1ccccc1.CO[Si](OC)(OC)c1ccccc1. The topological polar surface area (TPSA) is 46.2 Å². The molecule has 144 valence electrons. The monoisotopic (exact) mass is 394 g/mol. The Hall–Kier alpha value is -1.33. The van der Waals surface area contributed by atoms with Gasteiger partial charge in [0.2, 0.25) is 0 Å². The molecule has 2 aromatic rings. The summed E-state index contributed by atoms with van der Waals surface area (Å²) in [7, 11) is 3.58. The van der Waals surface area contributed by atoms with E-state index in [0.717, 1.165) is 11.2 Å². The minimum Gasteiger partial charge on any atom is -0.394 e. The number of benzene rings is 2. The highest BCUT2D eigenvalue weighted by molar-refractivity contribution is 6.81. The van der Waals surface area contributed by atoms with Crippen molar-refractivity contribution in [3.8, 4) is 0 Å². The molecule has 5 nitrogen and oxygen atoms in total. The molecule has 2 aromatic carbocycles. The van der Waals surface area contributed by atoms with Crippen LogP contribution in [0.5, 0.6) is 0 Å². The van der Waals surface area contributed by atoms with E-state index in [1.165, 1.54) is 5.19 Å². The minimum atomic E-state index is -2.59. The fourth-order valence-corrected chi connectivity index (χ4v) is 6.88. The summed E-state index contributed by atoms with van der Waals surface area (Å²) in [5.41, 5.74) is 0. The van der Waals surface area contributed by atoms with Gasteiger partial charge in [0.15, 0.2) is 0 Å². The van der Waals surface area contributed by atoms with Crippen molar-refractivity contribution in [3.63, 3.8) is 0 Å². The van der Waals surface area contributed by atoms with Gasteiger partial charge in [0, 0.05) is 40.7 Å². The first-order valence-electron chi connectivity index (χ1n) is 8.44. The van der Waals surface area contributed by atoms with Gasteiger partial charge in [0.1, 0.15) is 0 Å². The van der Waals surface area contributed by atoms with Gasteiger partial charge in [0.25, 0.3) is 0 Å². The lowest BCUT2D eigenvalue weighted by Gasteiger charge is -2.26. The molecule has 2 rings (SSSR count). The maximum atomic E-state index is 5.54. The molecule has 0 aliphatic carbocycles. The van der Waals surface area contributed by atoms with E-state index in [2.05, 4.69) is 19.1 Å². The first-order valence-corrected chi connectivity index (χ1v) is 12.2. The van der Waals surface area contributed by atoms with Crippen LogP contribution in [-0.4, -0.2) is 52.9 Å². The smallest absolute Gasteiger partial charge is 0.394 e. The van der Waals surface area contributed by atoms with E-state index in [1.807, 2.05) is 48.5 Å². The van der Waals surface area contributed by atoms with Gasteiger partial charge in [-0.15, -0.1) is 0 Å². The fourth-order valence-electron chi connectivity index (χ4n) is 2.75. The molecular formula is C19H30O5Si2. The van der Waals surface area contributed by atoms with Gasteiger partial charge in [-0.3, -0.25) is 0 Å². The molecule has 0 aromatic heterocycles. The molecule has 0 amide bonds. The van der Waals surface area contributed by atoms with Gasteiger partial charge in [-0.2, -0.15) is 0 Å². The Balaban J connectivity index is 0.000000260. The van der Waals surface area contributed by atoms with Gasteiger partial charge >= 0.3 is 17.4 Å². The van der Waals surface area contributed by atoms with E-state index >= 15 is 0 Å². The van der Waals surface area contributed by atoms with E-state index in [1.54, 1.807) is 35.5 Å². The molecule has 0 unspecified atom stereocenters. The third-order valence-electron chi connectivity index (χ3n) is 4.27. The quantitative estimate of drug-likeness (QED) is 0.644. The Kier molecular flexibility index (Phi) is 9.96. The van der Waals surface area contributed by atoms with Gasteiger partial charge in [-0.25, -0.2) is 0 Å². The van der Waals surface area contributed by atoms with E-state index in [9.17, 15) is 0 Å². The molecule has 0 N–H and O–H groups in total. The van der Waals surface area contributed by atoms with E-state index in [0.29, 0.717) is 0 Å². The summed E-state index contributed by atoms with van der Waals surface area (Å²) in [4.78, 5) is 0. The molecule has 0 saturated heterocycles. The van der Waals surface area contributed by atoms with Gasteiger partial charge < -0.3 is 22.1 Å². The summed E-state index contributed by atoms with van der Waals surface area (Å²) in [5, 5.41) is 2.17.